The first-order valence-electron chi connectivity index (χ1n) is 10.2. The molecule has 2 atom stereocenters. The molecule has 0 spiro atoms. The third kappa shape index (κ3) is 2.25. The van der Waals surface area contributed by atoms with Crippen LogP contribution in [-0.4, -0.2) is 43.6 Å². The van der Waals surface area contributed by atoms with Crippen molar-refractivity contribution in [2.75, 3.05) is 13.1 Å². The quantitative estimate of drug-likeness (QED) is 0.841. The van der Waals surface area contributed by atoms with E-state index in [1.807, 2.05) is 24.8 Å². The molecule has 1 aliphatic heterocycles. The molecule has 1 amide bonds. The topological polar surface area (TPSA) is 63.9 Å². The molecule has 5 aliphatic rings. The number of carbonyl (C=O) groups is 1. The number of carbonyl (C=O) groups excluding carboxylic acids is 1. The van der Waals surface area contributed by atoms with Gasteiger partial charge in [-0.3, -0.25) is 9.78 Å². The molecule has 140 valence electrons. The van der Waals surface area contributed by atoms with Gasteiger partial charge in [0.05, 0.1) is 11.0 Å². The summed E-state index contributed by atoms with van der Waals surface area (Å²) in [5, 5.41) is 4.50. The summed E-state index contributed by atoms with van der Waals surface area (Å²) >= 11 is 0. The van der Waals surface area contributed by atoms with Gasteiger partial charge >= 0.3 is 0 Å². The normalized spacial score (nSPS) is 37.4. The molecule has 0 radical (unpaired) electrons. The van der Waals surface area contributed by atoms with E-state index in [-0.39, 0.29) is 11.0 Å². The molecule has 1 saturated heterocycles. The van der Waals surface area contributed by atoms with Gasteiger partial charge in [0.1, 0.15) is 12.7 Å². The van der Waals surface area contributed by atoms with Gasteiger partial charge in [0, 0.05) is 31.4 Å². The van der Waals surface area contributed by atoms with E-state index in [0.717, 1.165) is 32.4 Å². The lowest BCUT2D eigenvalue weighted by molar-refractivity contribution is -0.171. The Labute approximate surface area is 159 Å². The fraction of sp³-hybridized carbons (Fsp3) is 0.619. The Morgan fingerprint density at radius 1 is 1.11 bits per heavy atom. The number of hydrogen-bond donors (Lipinski definition) is 0. The monoisotopic (exact) mass is 363 g/mol. The van der Waals surface area contributed by atoms with Crippen molar-refractivity contribution in [2.45, 2.75) is 50.0 Å². The first-order chi connectivity index (χ1) is 13.2. The van der Waals surface area contributed by atoms with Crippen molar-refractivity contribution in [3.8, 4) is 0 Å². The summed E-state index contributed by atoms with van der Waals surface area (Å²) < 4.78 is 2.08. The molecule has 0 aromatic carbocycles. The van der Waals surface area contributed by atoms with Gasteiger partial charge in [0.25, 0.3) is 0 Å². The maximum absolute atomic E-state index is 13.6. The van der Waals surface area contributed by atoms with Crippen LogP contribution in [0, 0.1) is 17.3 Å². The van der Waals surface area contributed by atoms with Crippen molar-refractivity contribution < 1.29 is 4.79 Å². The summed E-state index contributed by atoms with van der Waals surface area (Å²) in [6.07, 6.45) is 14.0. The molecule has 4 bridgehead atoms. The van der Waals surface area contributed by atoms with Gasteiger partial charge in [-0.2, -0.15) is 5.10 Å². The van der Waals surface area contributed by atoms with Crippen molar-refractivity contribution in [2.24, 2.45) is 17.3 Å². The van der Waals surface area contributed by atoms with Gasteiger partial charge < -0.3 is 4.90 Å². The van der Waals surface area contributed by atoms with E-state index >= 15 is 0 Å². The zero-order chi connectivity index (χ0) is 18.1. The van der Waals surface area contributed by atoms with Crippen LogP contribution in [0.15, 0.2) is 37.2 Å². The predicted molar refractivity (Wildman–Crippen MR) is 98.7 cm³/mol. The zero-order valence-electron chi connectivity index (χ0n) is 15.5. The van der Waals surface area contributed by atoms with E-state index in [1.165, 1.54) is 24.8 Å². The predicted octanol–water partition coefficient (Wildman–Crippen LogP) is 2.59. The van der Waals surface area contributed by atoms with E-state index < -0.39 is 0 Å². The molecular formula is C21H25N5O. The lowest BCUT2D eigenvalue weighted by Crippen LogP contribution is -2.63. The second-order valence-electron chi connectivity index (χ2n) is 9.50. The van der Waals surface area contributed by atoms with E-state index in [0.29, 0.717) is 23.7 Å². The van der Waals surface area contributed by atoms with E-state index in [2.05, 4.69) is 30.7 Å². The molecule has 27 heavy (non-hydrogen) atoms. The van der Waals surface area contributed by atoms with E-state index in [4.69, 9.17) is 0 Å². The average molecular weight is 363 g/mol. The number of pyridine rings is 1. The molecule has 2 aromatic rings. The third-order valence-electron chi connectivity index (χ3n) is 7.71. The van der Waals surface area contributed by atoms with E-state index in [9.17, 15) is 4.79 Å². The Kier molecular flexibility index (Phi) is 3.15. The molecule has 3 heterocycles. The Bertz CT molecular complexity index is 844. The van der Waals surface area contributed by atoms with Gasteiger partial charge in [-0.05, 0) is 62.0 Å². The Hall–Kier alpha value is -2.24. The largest absolute Gasteiger partial charge is 0.341 e. The molecule has 2 aromatic heterocycles. The minimum Gasteiger partial charge on any atom is -0.341 e. The molecule has 7 rings (SSSR count). The molecule has 5 fully saturated rings. The summed E-state index contributed by atoms with van der Waals surface area (Å²) in [7, 11) is 0. The van der Waals surface area contributed by atoms with Crippen LogP contribution in [0.2, 0.25) is 0 Å². The minimum absolute atomic E-state index is 0.0177. The van der Waals surface area contributed by atoms with Crippen LogP contribution in [0.4, 0.5) is 0 Å². The van der Waals surface area contributed by atoms with Crippen LogP contribution in [-0.2, 0) is 10.3 Å². The Morgan fingerprint density at radius 2 is 1.93 bits per heavy atom. The van der Waals surface area contributed by atoms with Gasteiger partial charge in [0.2, 0.25) is 5.91 Å². The maximum Gasteiger partial charge on any atom is 0.228 e. The number of likely N-dealkylation sites (tertiary alicyclic amines) is 1. The van der Waals surface area contributed by atoms with Crippen molar-refractivity contribution in [1.82, 2.24) is 24.6 Å². The highest BCUT2D eigenvalue weighted by molar-refractivity contribution is 5.84. The molecule has 4 saturated carbocycles. The number of rotatable bonds is 3. The lowest BCUT2D eigenvalue weighted by atomic mass is 9.46. The molecule has 2 unspecified atom stereocenters. The van der Waals surface area contributed by atoms with Crippen LogP contribution in [0.1, 0.15) is 50.0 Å². The number of aromatic nitrogens is 4. The molecule has 6 heteroatoms. The molecule has 0 N–H and O–H groups in total. The molecular weight excluding hydrogens is 338 g/mol. The van der Waals surface area contributed by atoms with Crippen LogP contribution in [0.25, 0.3) is 0 Å². The van der Waals surface area contributed by atoms with E-state index in [1.54, 1.807) is 6.33 Å². The van der Waals surface area contributed by atoms with Crippen molar-refractivity contribution in [1.29, 1.82) is 0 Å². The van der Waals surface area contributed by atoms with Crippen molar-refractivity contribution in [3.05, 3.63) is 42.7 Å². The number of amides is 1. The van der Waals surface area contributed by atoms with Crippen LogP contribution in [0.3, 0.4) is 0 Å². The van der Waals surface area contributed by atoms with Gasteiger partial charge in [0.15, 0.2) is 0 Å². The van der Waals surface area contributed by atoms with Gasteiger partial charge in [-0.15, -0.1) is 0 Å². The summed E-state index contributed by atoms with van der Waals surface area (Å²) in [6.45, 7) is 1.69. The highest BCUT2D eigenvalue weighted by Gasteiger charge is 2.62. The first-order valence-corrected chi connectivity index (χ1v) is 10.2. The number of hydrogen-bond acceptors (Lipinski definition) is 4. The Morgan fingerprint density at radius 3 is 2.59 bits per heavy atom. The third-order valence-corrected chi connectivity index (χ3v) is 7.71. The summed E-state index contributed by atoms with van der Waals surface area (Å²) in [6, 6.07) is 4.12. The van der Waals surface area contributed by atoms with Crippen LogP contribution in [0.5, 0.6) is 0 Å². The standard InChI is InChI=1S/C21H25N5O/c27-19(25-10-18(11-25)17-2-1-3-22-9-17)20-5-15-4-16(6-20)8-21(7-15,12-20)26-14-23-13-24-26/h1-3,9,13-16,18H,4-8,10-12H2. The lowest BCUT2D eigenvalue weighted by Gasteiger charge is -2.62. The SMILES string of the molecule is O=C(N1CC(c2cccnc2)C1)C12CC3CC(C1)CC(n1cncn1)(C3)C2. The first kappa shape index (κ1) is 15.8. The summed E-state index contributed by atoms with van der Waals surface area (Å²) in [5.74, 6) is 2.17. The second-order valence-corrected chi connectivity index (χ2v) is 9.50. The average Bonchev–Trinajstić information content (AvgIpc) is 3.16. The zero-order valence-corrected chi connectivity index (χ0v) is 15.5. The highest BCUT2D eigenvalue weighted by Crippen LogP contribution is 2.64. The minimum atomic E-state index is -0.171. The number of nitrogens with zero attached hydrogens (tertiary/aromatic N) is 5. The van der Waals surface area contributed by atoms with Gasteiger partial charge in [-0.25, -0.2) is 9.67 Å². The maximum atomic E-state index is 13.6. The Balaban J connectivity index is 1.25. The summed E-state index contributed by atoms with van der Waals surface area (Å²) in [4.78, 5) is 24.2. The van der Waals surface area contributed by atoms with Crippen molar-refractivity contribution >= 4 is 5.91 Å². The summed E-state index contributed by atoms with van der Waals surface area (Å²) in [5.41, 5.74) is 1.10. The second kappa shape index (κ2) is 5.40. The molecule has 4 aliphatic carbocycles. The van der Waals surface area contributed by atoms with Gasteiger partial charge in [-0.1, -0.05) is 6.07 Å². The van der Waals surface area contributed by atoms with Crippen LogP contribution < -0.4 is 0 Å². The van der Waals surface area contributed by atoms with Crippen molar-refractivity contribution in [3.63, 3.8) is 0 Å². The molecule has 6 nitrogen and oxygen atoms in total. The highest BCUT2D eigenvalue weighted by atomic mass is 16.2. The smallest absolute Gasteiger partial charge is 0.228 e. The van der Waals surface area contributed by atoms with Crippen LogP contribution >= 0.6 is 0 Å². The fourth-order valence-electron chi connectivity index (χ4n) is 6.99. The fourth-order valence-corrected chi connectivity index (χ4v) is 6.99.